The van der Waals surface area contributed by atoms with E-state index in [1.165, 1.54) is 0 Å². The van der Waals surface area contributed by atoms with Crippen LogP contribution < -0.4 is 0 Å². The molecule has 0 unspecified atom stereocenters. The number of hydrogen-bond donors (Lipinski definition) is 0. The summed E-state index contributed by atoms with van der Waals surface area (Å²) in [6.07, 6.45) is 3.74. The summed E-state index contributed by atoms with van der Waals surface area (Å²) in [5, 5.41) is 9.58. The fourth-order valence-corrected chi connectivity index (χ4v) is 3.93. The van der Waals surface area contributed by atoms with Gasteiger partial charge in [-0.05, 0) is 42.3 Å². The second kappa shape index (κ2) is 9.34. The molecule has 0 atom stereocenters. The second-order valence-electron chi connectivity index (χ2n) is 7.85. The van der Waals surface area contributed by atoms with Crippen LogP contribution in [0.3, 0.4) is 0 Å². The quantitative estimate of drug-likeness (QED) is 0.615. The van der Waals surface area contributed by atoms with Gasteiger partial charge >= 0.3 is 0 Å². The Morgan fingerprint density at radius 2 is 1.84 bits per heavy atom. The lowest BCUT2D eigenvalue weighted by molar-refractivity contribution is 0.0625. The summed E-state index contributed by atoms with van der Waals surface area (Å²) in [5.41, 5.74) is 4.54. The van der Waals surface area contributed by atoms with Crippen LogP contribution in [0.1, 0.15) is 32.7 Å². The summed E-state index contributed by atoms with van der Waals surface area (Å²) >= 11 is 6.19. The first-order valence-corrected chi connectivity index (χ1v) is 10.7. The van der Waals surface area contributed by atoms with Crippen LogP contribution in [0.2, 0.25) is 5.02 Å². The largest absolute Gasteiger partial charge is 0.336 e. The zero-order valence-electron chi connectivity index (χ0n) is 17.5. The molecule has 1 aromatic heterocycles. The van der Waals surface area contributed by atoms with E-state index in [9.17, 15) is 4.79 Å². The second-order valence-corrected chi connectivity index (χ2v) is 8.26. The van der Waals surface area contributed by atoms with Gasteiger partial charge in [0.2, 0.25) is 0 Å². The van der Waals surface area contributed by atoms with Crippen molar-refractivity contribution in [3.63, 3.8) is 0 Å². The van der Waals surface area contributed by atoms with E-state index in [1.807, 2.05) is 60.7 Å². The fraction of sp³-hybridized carbons (Fsp3) is 0.292. The van der Waals surface area contributed by atoms with Gasteiger partial charge < -0.3 is 9.47 Å². The molecule has 31 heavy (non-hydrogen) atoms. The summed E-state index contributed by atoms with van der Waals surface area (Å²) in [7, 11) is 0. The average molecular weight is 434 g/mol. The van der Waals surface area contributed by atoms with Gasteiger partial charge in [-0.1, -0.05) is 29.8 Å². The molecule has 4 rings (SSSR count). The van der Waals surface area contributed by atoms with E-state index in [-0.39, 0.29) is 5.91 Å². The van der Waals surface area contributed by atoms with Crippen molar-refractivity contribution in [3.8, 4) is 6.07 Å². The Kier molecular flexibility index (Phi) is 6.36. The van der Waals surface area contributed by atoms with Gasteiger partial charge in [-0.2, -0.15) is 5.26 Å². The lowest BCUT2D eigenvalue weighted by Crippen LogP contribution is -2.48. The topological polar surface area (TPSA) is 65.2 Å². The van der Waals surface area contributed by atoms with Crippen LogP contribution in [0, 0.1) is 18.3 Å². The first-order valence-electron chi connectivity index (χ1n) is 10.3. The number of aryl methyl sites for hydroxylation is 1. The summed E-state index contributed by atoms with van der Waals surface area (Å²) in [6.45, 7) is 6.44. The highest BCUT2D eigenvalue weighted by Gasteiger charge is 2.23. The molecule has 7 heteroatoms. The molecule has 0 spiro atoms. The highest BCUT2D eigenvalue weighted by molar-refractivity contribution is 6.31. The van der Waals surface area contributed by atoms with Crippen LogP contribution in [-0.4, -0.2) is 51.4 Å². The predicted molar refractivity (Wildman–Crippen MR) is 120 cm³/mol. The standard InChI is InChI=1S/C24H24ClN5O/c1-18-2-7-21(12-23(18)25)24(31)29-10-8-28(9-11-29)16-22-14-27-17-30(22)15-20-5-3-19(13-26)4-6-20/h2-7,12,14,17H,8-11,15-16H2,1H3. The zero-order valence-corrected chi connectivity index (χ0v) is 18.2. The van der Waals surface area contributed by atoms with Crippen LogP contribution in [0.15, 0.2) is 55.0 Å². The maximum Gasteiger partial charge on any atom is 0.253 e. The molecule has 2 aromatic carbocycles. The molecule has 0 radical (unpaired) electrons. The molecule has 0 N–H and O–H groups in total. The Morgan fingerprint density at radius 3 is 2.52 bits per heavy atom. The van der Waals surface area contributed by atoms with Crippen LogP contribution in [-0.2, 0) is 13.1 Å². The van der Waals surface area contributed by atoms with Crippen molar-refractivity contribution in [3.05, 3.63) is 88.0 Å². The normalized spacial score (nSPS) is 14.4. The number of amides is 1. The Balaban J connectivity index is 1.34. The minimum absolute atomic E-state index is 0.0346. The molecular weight excluding hydrogens is 410 g/mol. The number of aromatic nitrogens is 2. The number of piperazine rings is 1. The van der Waals surface area contributed by atoms with E-state index in [4.69, 9.17) is 16.9 Å². The molecule has 3 aromatic rings. The maximum absolute atomic E-state index is 12.8. The predicted octanol–water partition coefficient (Wildman–Crippen LogP) is 3.72. The van der Waals surface area contributed by atoms with Gasteiger partial charge in [0.25, 0.3) is 5.91 Å². The smallest absolute Gasteiger partial charge is 0.253 e. The molecule has 1 aliphatic heterocycles. The van der Waals surface area contributed by atoms with E-state index in [1.54, 1.807) is 6.07 Å². The number of rotatable bonds is 5. The van der Waals surface area contributed by atoms with Gasteiger partial charge in [0, 0.05) is 56.1 Å². The molecule has 1 saturated heterocycles. The van der Waals surface area contributed by atoms with Crippen molar-refractivity contribution in [2.24, 2.45) is 0 Å². The van der Waals surface area contributed by atoms with Gasteiger partial charge in [-0.3, -0.25) is 9.69 Å². The number of benzene rings is 2. The SMILES string of the molecule is Cc1ccc(C(=O)N2CCN(Cc3cncn3Cc3ccc(C#N)cc3)CC2)cc1Cl. The molecule has 0 aliphatic carbocycles. The van der Waals surface area contributed by atoms with E-state index in [0.29, 0.717) is 35.8 Å². The monoisotopic (exact) mass is 433 g/mol. The third kappa shape index (κ3) is 4.96. The van der Waals surface area contributed by atoms with Crippen molar-refractivity contribution in [2.75, 3.05) is 26.2 Å². The van der Waals surface area contributed by atoms with E-state index in [0.717, 1.165) is 36.5 Å². The molecule has 0 bridgehead atoms. The van der Waals surface area contributed by atoms with Crippen molar-refractivity contribution >= 4 is 17.5 Å². The molecule has 158 valence electrons. The molecule has 1 amide bonds. The van der Waals surface area contributed by atoms with Crippen molar-refractivity contribution in [2.45, 2.75) is 20.0 Å². The molecule has 1 aliphatic rings. The minimum atomic E-state index is 0.0346. The highest BCUT2D eigenvalue weighted by Crippen LogP contribution is 2.19. The van der Waals surface area contributed by atoms with Crippen LogP contribution in [0.5, 0.6) is 0 Å². The van der Waals surface area contributed by atoms with Gasteiger partial charge in [0.1, 0.15) is 0 Å². The van der Waals surface area contributed by atoms with Gasteiger partial charge in [-0.15, -0.1) is 0 Å². The maximum atomic E-state index is 12.8. The first-order chi connectivity index (χ1) is 15.0. The number of carbonyl (C=O) groups is 1. The van der Waals surface area contributed by atoms with Crippen molar-refractivity contribution in [1.29, 1.82) is 5.26 Å². The summed E-state index contributed by atoms with van der Waals surface area (Å²) in [5.74, 6) is 0.0346. The summed E-state index contributed by atoms with van der Waals surface area (Å²) in [6, 6.07) is 15.3. The average Bonchev–Trinajstić information content (AvgIpc) is 3.22. The number of carbonyl (C=O) groups excluding carboxylic acids is 1. The van der Waals surface area contributed by atoms with Gasteiger partial charge in [-0.25, -0.2) is 4.98 Å². The Hall–Kier alpha value is -3.14. The van der Waals surface area contributed by atoms with Gasteiger partial charge in [0.15, 0.2) is 0 Å². The number of halogens is 1. The van der Waals surface area contributed by atoms with E-state index < -0.39 is 0 Å². The summed E-state index contributed by atoms with van der Waals surface area (Å²) < 4.78 is 2.13. The van der Waals surface area contributed by atoms with Gasteiger partial charge in [0.05, 0.1) is 23.7 Å². The highest BCUT2D eigenvalue weighted by atomic mass is 35.5. The van der Waals surface area contributed by atoms with Crippen molar-refractivity contribution in [1.82, 2.24) is 19.4 Å². The lowest BCUT2D eigenvalue weighted by Gasteiger charge is -2.34. The molecule has 0 saturated carbocycles. The number of imidazole rings is 1. The molecule has 2 heterocycles. The number of nitrogens with zero attached hydrogens (tertiary/aromatic N) is 5. The third-order valence-corrected chi connectivity index (χ3v) is 6.11. The van der Waals surface area contributed by atoms with E-state index in [2.05, 4.69) is 20.5 Å². The molecule has 6 nitrogen and oxygen atoms in total. The zero-order chi connectivity index (χ0) is 21.8. The Bertz CT molecular complexity index is 1110. The molecule has 1 fully saturated rings. The van der Waals surface area contributed by atoms with Crippen molar-refractivity contribution < 1.29 is 4.79 Å². The number of hydrogen-bond acceptors (Lipinski definition) is 4. The third-order valence-electron chi connectivity index (χ3n) is 5.70. The number of nitriles is 1. The van der Waals surface area contributed by atoms with Crippen LogP contribution in [0.25, 0.3) is 0 Å². The fourth-order valence-electron chi connectivity index (χ4n) is 3.75. The Morgan fingerprint density at radius 1 is 1.10 bits per heavy atom. The van der Waals surface area contributed by atoms with E-state index >= 15 is 0 Å². The Labute approximate surface area is 187 Å². The molecular formula is C24H24ClN5O. The first kappa shape index (κ1) is 21.1. The minimum Gasteiger partial charge on any atom is -0.336 e. The lowest BCUT2D eigenvalue weighted by atomic mass is 10.1. The summed E-state index contributed by atoms with van der Waals surface area (Å²) in [4.78, 5) is 21.4. The van der Waals surface area contributed by atoms with Crippen LogP contribution >= 0.6 is 11.6 Å². The van der Waals surface area contributed by atoms with Crippen LogP contribution in [0.4, 0.5) is 0 Å².